The first-order valence-corrected chi connectivity index (χ1v) is 12.7. The summed E-state index contributed by atoms with van der Waals surface area (Å²) >= 11 is 8.76. The number of nitrogens with one attached hydrogen (secondary N) is 2. The Bertz CT molecular complexity index is 1300. The van der Waals surface area contributed by atoms with Gasteiger partial charge in [0.25, 0.3) is 5.91 Å². The van der Waals surface area contributed by atoms with Crippen LogP contribution in [0.1, 0.15) is 22.8 Å². The molecule has 34 heavy (non-hydrogen) atoms. The van der Waals surface area contributed by atoms with Crippen LogP contribution in [0.15, 0.2) is 83.1 Å². The molecule has 0 aliphatic heterocycles. The summed E-state index contributed by atoms with van der Waals surface area (Å²) in [5.74, 6) is -0.272. The lowest BCUT2D eigenvalue weighted by Gasteiger charge is -2.12. The van der Waals surface area contributed by atoms with Gasteiger partial charge in [0.05, 0.1) is 10.9 Å². The van der Waals surface area contributed by atoms with E-state index in [1.165, 1.54) is 23.1 Å². The lowest BCUT2D eigenvalue weighted by atomic mass is 10.1. The van der Waals surface area contributed by atoms with E-state index in [9.17, 15) is 9.59 Å². The number of thiazole rings is 1. The van der Waals surface area contributed by atoms with Crippen molar-refractivity contribution in [3.8, 4) is 11.3 Å². The Morgan fingerprint density at radius 2 is 1.68 bits per heavy atom. The van der Waals surface area contributed by atoms with Crippen molar-refractivity contribution in [3.63, 3.8) is 0 Å². The monoisotopic (exact) mass is 507 g/mol. The highest BCUT2D eigenvalue weighted by molar-refractivity contribution is 8.00. The van der Waals surface area contributed by atoms with E-state index < -0.39 is 0 Å². The molecule has 1 unspecified atom stereocenters. The van der Waals surface area contributed by atoms with Gasteiger partial charge >= 0.3 is 0 Å². The Balaban J connectivity index is 1.32. The largest absolute Gasteiger partial charge is 0.322 e. The third-order valence-corrected chi connectivity index (χ3v) is 7.18. The van der Waals surface area contributed by atoms with E-state index in [2.05, 4.69) is 15.6 Å². The summed E-state index contributed by atoms with van der Waals surface area (Å²) in [5.41, 5.74) is 4.01. The molecular weight excluding hydrogens is 486 g/mol. The van der Waals surface area contributed by atoms with Gasteiger partial charge < -0.3 is 10.6 Å². The lowest BCUT2D eigenvalue weighted by molar-refractivity contribution is -0.115. The second-order valence-corrected chi connectivity index (χ2v) is 10.3. The second kappa shape index (κ2) is 10.9. The molecule has 0 aliphatic rings. The average Bonchev–Trinajstić information content (AvgIpc) is 3.29. The van der Waals surface area contributed by atoms with Gasteiger partial charge in [-0.3, -0.25) is 9.59 Å². The standard InChI is InChI=1S/C26H22ClN3O2S2/c1-16-5-3-4-6-22(16)25(32)28-20-11-13-21(14-12-20)34-17(2)24(31)30-26-29-23(15-33-26)18-7-9-19(27)10-8-18/h3-15,17H,1-2H3,(H,28,32)(H,29,30,31). The molecule has 0 saturated carbocycles. The van der Waals surface area contributed by atoms with Gasteiger partial charge in [-0.1, -0.05) is 41.9 Å². The van der Waals surface area contributed by atoms with Crippen molar-refractivity contribution in [2.24, 2.45) is 0 Å². The molecule has 1 atom stereocenters. The number of aromatic nitrogens is 1. The molecule has 4 rings (SSSR count). The molecule has 3 aromatic carbocycles. The molecule has 5 nitrogen and oxygen atoms in total. The van der Waals surface area contributed by atoms with Crippen molar-refractivity contribution < 1.29 is 9.59 Å². The molecule has 2 amide bonds. The Hall–Kier alpha value is -3.13. The number of aryl methyl sites for hydroxylation is 1. The van der Waals surface area contributed by atoms with Gasteiger partial charge in [0, 0.05) is 32.1 Å². The number of carbonyl (C=O) groups excluding carboxylic acids is 2. The van der Waals surface area contributed by atoms with Crippen LogP contribution in [-0.2, 0) is 4.79 Å². The van der Waals surface area contributed by atoms with Gasteiger partial charge in [-0.25, -0.2) is 4.98 Å². The van der Waals surface area contributed by atoms with Gasteiger partial charge in [-0.05, 0) is 61.9 Å². The predicted molar refractivity (Wildman–Crippen MR) is 142 cm³/mol. The summed E-state index contributed by atoms with van der Waals surface area (Å²) < 4.78 is 0. The summed E-state index contributed by atoms with van der Waals surface area (Å²) in [5, 5.41) is 8.60. The van der Waals surface area contributed by atoms with Crippen LogP contribution >= 0.6 is 34.7 Å². The SMILES string of the molecule is Cc1ccccc1C(=O)Nc1ccc(SC(C)C(=O)Nc2nc(-c3ccc(Cl)cc3)cs2)cc1. The molecule has 0 aliphatic carbocycles. The first kappa shape index (κ1) is 24.0. The van der Waals surface area contributed by atoms with Crippen LogP contribution < -0.4 is 10.6 Å². The van der Waals surface area contributed by atoms with Crippen molar-refractivity contribution in [1.82, 2.24) is 4.98 Å². The molecule has 0 spiro atoms. The molecule has 2 N–H and O–H groups in total. The molecule has 0 radical (unpaired) electrons. The minimum atomic E-state index is -0.324. The summed E-state index contributed by atoms with van der Waals surface area (Å²) in [4.78, 5) is 30.6. The zero-order valence-corrected chi connectivity index (χ0v) is 20.9. The fourth-order valence-electron chi connectivity index (χ4n) is 3.19. The third-order valence-electron chi connectivity index (χ3n) is 5.06. The van der Waals surface area contributed by atoms with E-state index in [0.29, 0.717) is 21.4 Å². The van der Waals surface area contributed by atoms with Crippen LogP contribution in [0.2, 0.25) is 5.02 Å². The van der Waals surface area contributed by atoms with Gasteiger partial charge in [0.1, 0.15) is 0 Å². The first-order chi connectivity index (χ1) is 16.4. The molecule has 0 bridgehead atoms. The fourth-order valence-corrected chi connectivity index (χ4v) is 4.91. The van der Waals surface area contributed by atoms with Gasteiger partial charge in [0.2, 0.25) is 5.91 Å². The van der Waals surface area contributed by atoms with Gasteiger partial charge in [-0.15, -0.1) is 23.1 Å². The number of rotatable bonds is 7. The number of halogens is 1. The average molecular weight is 508 g/mol. The maximum Gasteiger partial charge on any atom is 0.255 e. The molecule has 8 heteroatoms. The molecule has 0 fully saturated rings. The normalized spacial score (nSPS) is 11.6. The summed E-state index contributed by atoms with van der Waals surface area (Å²) in [7, 11) is 0. The Morgan fingerprint density at radius 3 is 2.38 bits per heavy atom. The Kier molecular flexibility index (Phi) is 7.67. The van der Waals surface area contributed by atoms with E-state index >= 15 is 0 Å². The lowest BCUT2D eigenvalue weighted by Crippen LogP contribution is -2.22. The van der Waals surface area contributed by atoms with E-state index in [-0.39, 0.29) is 17.1 Å². The van der Waals surface area contributed by atoms with Crippen molar-refractivity contribution in [2.75, 3.05) is 10.6 Å². The zero-order valence-electron chi connectivity index (χ0n) is 18.5. The van der Waals surface area contributed by atoms with Crippen molar-refractivity contribution >= 4 is 57.3 Å². The molecule has 1 heterocycles. The van der Waals surface area contributed by atoms with E-state index in [0.717, 1.165) is 21.7 Å². The van der Waals surface area contributed by atoms with Crippen molar-refractivity contribution in [2.45, 2.75) is 24.0 Å². The molecule has 1 aromatic heterocycles. The minimum Gasteiger partial charge on any atom is -0.322 e. The van der Waals surface area contributed by atoms with Gasteiger partial charge in [-0.2, -0.15) is 0 Å². The highest BCUT2D eigenvalue weighted by atomic mass is 35.5. The summed E-state index contributed by atoms with van der Waals surface area (Å²) in [6.45, 7) is 3.76. The fraction of sp³-hybridized carbons (Fsp3) is 0.115. The summed E-state index contributed by atoms with van der Waals surface area (Å²) in [6.07, 6.45) is 0. The van der Waals surface area contributed by atoms with Crippen LogP contribution in [0.4, 0.5) is 10.8 Å². The van der Waals surface area contributed by atoms with E-state index in [1.54, 1.807) is 6.07 Å². The van der Waals surface area contributed by atoms with Crippen molar-refractivity contribution in [1.29, 1.82) is 0 Å². The second-order valence-electron chi connectivity index (χ2n) is 7.59. The van der Waals surface area contributed by atoms with Crippen molar-refractivity contribution in [3.05, 3.63) is 94.3 Å². The van der Waals surface area contributed by atoms with Gasteiger partial charge in [0.15, 0.2) is 5.13 Å². The minimum absolute atomic E-state index is 0.126. The van der Waals surface area contributed by atoms with Crippen LogP contribution in [0, 0.1) is 6.92 Å². The number of hydrogen-bond acceptors (Lipinski definition) is 5. The van der Waals surface area contributed by atoms with Crippen LogP contribution in [0.5, 0.6) is 0 Å². The third kappa shape index (κ3) is 6.05. The number of anilines is 2. The first-order valence-electron chi connectivity index (χ1n) is 10.5. The molecule has 172 valence electrons. The number of carbonyl (C=O) groups is 2. The van der Waals surface area contributed by atoms with Crippen LogP contribution in [0.3, 0.4) is 0 Å². The molecule has 0 saturated heterocycles. The number of benzene rings is 3. The zero-order chi connectivity index (χ0) is 24.1. The maximum absolute atomic E-state index is 12.7. The van der Waals surface area contributed by atoms with Crippen LogP contribution in [-0.4, -0.2) is 22.0 Å². The molecular formula is C26H22ClN3O2S2. The molecule has 4 aromatic rings. The topological polar surface area (TPSA) is 71.1 Å². The van der Waals surface area contributed by atoms with E-state index in [1.807, 2.05) is 86.0 Å². The van der Waals surface area contributed by atoms with Crippen LogP contribution in [0.25, 0.3) is 11.3 Å². The van der Waals surface area contributed by atoms with E-state index in [4.69, 9.17) is 11.6 Å². The smallest absolute Gasteiger partial charge is 0.255 e. The Morgan fingerprint density at radius 1 is 0.971 bits per heavy atom. The number of amides is 2. The predicted octanol–water partition coefficient (Wildman–Crippen LogP) is 7.14. The number of nitrogens with zero attached hydrogens (tertiary/aromatic N) is 1. The highest BCUT2D eigenvalue weighted by Gasteiger charge is 2.17. The summed E-state index contributed by atoms with van der Waals surface area (Å²) in [6, 6.07) is 22.3. The number of thioether (sulfide) groups is 1. The number of hydrogen-bond donors (Lipinski definition) is 2. The quantitative estimate of drug-likeness (QED) is 0.261. The highest BCUT2D eigenvalue weighted by Crippen LogP contribution is 2.29. The maximum atomic E-state index is 12.7. The Labute approximate surface area is 211 Å².